The highest BCUT2D eigenvalue weighted by Gasteiger charge is 2.47. The molecule has 1 aliphatic rings. The first-order chi connectivity index (χ1) is 5.62. The molecule has 0 aliphatic carbocycles. The van der Waals surface area contributed by atoms with Crippen LogP contribution in [0.2, 0.25) is 0 Å². The molecule has 0 bridgehead atoms. The third-order valence-electron chi connectivity index (χ3n) is 1.50. The van der Waals surface area contributed by atoms with Crippen LogP contribution >= 0.6 is 0 Å². The number of azo groups is 1. The van der Waals surface area contributed by atoms with E-state index in [0.29, 0.717) is 0 Å². The summed E-state index contributed by atoms with van der Waals surface area (Å²) >= 11 is 0. The van der Waals surface area contributed by atoms with Gasteiger partial charge in [-0.2, -0.15) is 23.4 Å². The molecule has 0 saturated heterocycles. The molecule has 1 atom stereocenters. The Balaban J connectivity index is 2.67. The van der Waals surface area contributed by atoms with Crippen molar-refractivity contribution in [1.82, 2.24) is 0 Å². The topological polar surface area (TPSA) is 34.0 Å². The number of rotatable bonds is 1. The summed E-state index contributed by atoms with van der Waals surface area (Å²) in [5, 5.41) is 7.10. The summed E-state index contributed by atoms with van der Waals surface area (Å²) in [6, 6.07) is 0. The Hall–Kier alpha value is -0.650. The molecule has 76 valence electrons. The second-order valence-corrected chi connectivity index (χ2v) is 3.72. The van der Waals surface area contributed by atoms with Crippen LogP contribution in [0.3, 0.4) is 0 Å². The van der Waals surface area contributed by atoms with Gasteiger partial charge in [0, 0.05) is 0 Å². The van der Waals surface area contributed by atoms with E-state index >= 15 is 0 Å². The van der Waals surface area contributed by atoms with Crippen molar-refractivity contribution in [3.05, 3.63) is 0 Å². The molecule has 0 N–H and O–H groups in total. The van der Waals surface area contributed by atoms with Crippen LogP contribution in [0.1, 0.15) is 27.2 Å². The first kappa shape index (κ1) is 10.4. The van der Waals surface area contributed by atoms with Crippen molar-refractivity contribution in [3.8, 4) is 0 Å². The lowest BCUT2D eigenvalue weighted by atomic mass is 10.2. The normalized spacial score (nSPS) is 32.5. The first-order valence-electron chi connectivity index (χ1n) is 3.83. The van der Waals surface area contributed by atoms with E-state index < -0.39 is 24.0 Å². The van der Waals surface area contributed by atoms with E-state index in [1.807, 2.05) is 0 Å². The summed E-state index contributed by atoms with van der Waals surface area (Å²) < 4.78 is 41.1. The van der Waals surface area contributed by atoms with E-state index in [0.717, 1.165) is 0 Å². The molecule has 0 saturated carbocycles. The smallest absolute Gasteiger partial charge is 0.323 e. The van der Waals surface area contributed by atoms with Gasteiger partial charge >= 0.3 is 6.18 Å². The van der Waals surface area contributed by atoms with Gasteiger partial charge in [-0.25, -0.2) is 0 Å². The Bertz CT molecular complexity index is 236. The zero-order chi connectivity index (χ0) is 10.3. The fourth-order valence-corrected chi connectivity index (χ4v) is 1.25. The summed E-state index contributed by atoms with van der Waals surface area (Å²) in [7, 11) is 0. The van der Waals surface area contributed by atoms with Crippen molar-refractivity contribution in [2.75, 3.05) is 0 Å². The van der Waals surface area contributed by atoms with Gasteiger partial charge in [-0.15, -0.1) is 0 Å². The van der Waals surface area contributed by atoms with Gasteiger partial charge in [0.05, 0.1) is 6.42 Å². The minimum atomic E-state index is -4.28. The van der Waals surface area contributed by atoms with Gasteiger partial charge in [0.25, 0.3) is 0 Å². The number of hydrogen-bond acceptors (Lipinski definition) is 3. The van der Waals surface area contributed by atoms with Gasteiger partial charge in [-0.3, -0.25) is 0 Å². The minimum Gasteiger partial charge on any atom is -0.323 e. The fourth-order valence-electron chi connectivity index (χ4n) is 1.25. The monoisotopic (exact) mass is 196 g/mol. The van der Waals surface area contributed by atoms with Crippen LogP contribution in [-0.4, -0.2) is 17.6 Å². The van der Waals surface area contributed by atoms with Crippen LogP contribution in [0, 0.1) is 0 Å². The predicted molar refractivity (Wildman–Crippen MR) is 39.1 cm³/mol. The lowest BCUT2D eigenvalue weighted by Crippen LogP contribution is -2.34. The Morgan fingerprint density at radius 3 is 2.00 bits per heavy atom. The molecule has 13 heavy (non-hydrogen) atoms. The van der Waals surface area contributed by atoms with Crippen LogP contribution in [-0.2, 0) is 4.74 Å². The molecule has 0 radical (unpaired) electrons. The lowest BCUT2D eigenvalue weighted by molar-refractivity contribution is -0.193. The summed E-state index contributed by atoms with van der Waals surface area (Å²) in [5.41, 5.74) is -2.50. The van der Waals surface area contributed by atoms with Gasteiger partial charge < -0.3 is 4.74 Å². The maximum Gasteiger partial charge on any atom is 0.393 e. The van der Waals surface area contributed by atoms with Crippen molar-refractivity contribution in [3.63, 3.8) is 0 Å². The van der Waals surface area contributed by atoms with Crippen molar-refractivity contribution in [1.29, 1.82) is 0 Å². The summed E-state index contributed by atoms with van der Waals surface area (Å²) in [6.45, 7) is 4.41. The van der Waals surface area contributed by atoms with E-state index in [1.54, 1.807) is 13.8 Å². The third kappa shape index (κ3) is 2.95. The molecule has 0 aromatic carbocycles. The van der Waals surface area contributed by atoms with Crippen LogP contribution in [0.4, 0.5) is 13.2 Å². The fraction of sp³-hybridized carbons (Fsp3) is 1.00. The van der Waals surface area contributed by atoms with E-state index in [4.69, 9.17) is 4.74 Å². The Morgan fingerprint density at radius 2 is 1.69 bits per heavy atom. The van der Waals surface area contributed by atoms with E-state index in [1.165, 1.54) is 6.92 Å². The molecule has 6 heteroatoms. The largest absolute Gasteiger partial charge is 0.393 e. The molecular weight excluding hydrogens is 185 g/mol. The number of ether oxygens (including phenoxy) is 1. The second-order valence-electron chi connectivity index (χ2n) is 3.72. The van der Waals surface area contributed by atoms with E-state index in [-0.39, 0.29) is 0 Å². The molecule has 1 rings (SSSR count). The number of alkyl halides is 3. The van der Waals surface area contributed by atoms with Crippen LogP contribution < -0.4 is 0 Å². The average molecular weight is 196 g/mol. The van der Waals surface area contributed by atoms with Crippen molar-refractivity contribution in [2.45, 2.75) is 44.8 Å². The summed E-state index contributed by atoms with van der Waals surface area (Å²) in [6.07, 6.45) is -5.39. The van der Waals surface area contributed by atoms with Crippen molar-refractivity contribution in [2.24, 2.45) is 10.2 Å². The van der Waals surface area contributed by atoms with Crippen LogP contribution in [0.15, 0.2) is 10.2 Å². The van der Waals surface area contributed by atoms with Gasteiger partial charge in [-0.1, -0.05) is 0 Å². The first-order valence-corrected chi connectivity index (χ1v) is 3.83. The Labute approximate surface area is 74.0 Å². The second kappa shape index (κ2) is 2.67. The predicted octanol–water partition coefficient (Wildman–Crippen LogP) is 2.87. The highest BCUT2D eigenvalue weighted by Crippen LogP contribution is 2.38. The SMILES string of the molecule is CC1(C)N=NC(C)(CC(F)(F)F)O1. The van der Waals surface area contributed by atoms with E-state index in [9.17, 15) is 13.2 Å². The Kier molecular flexibility index (Phi) is 2.14. The van der Waals surface area contributed by atoms with Gasteiger partial charge in [0.15, 0.2) is 11.4 Å². The molecule has 3 nitrogen and oxygen atoms in total. The zero-order valence-electron chi connectivity index (χ0n) is 7.64. The minimum absolute atomic E-state index is 0.944. The average Bonchev–Trinajstić information content (AvgIpc) is 2.00. The van der Waals surface area contributed by atoms with Gasteiger partial charge in [0.2, 0.25) is 0 Å². The van der Waals surface area contributed by atoms with Gasteiger partial charge in [-0.05, 0) is 20.8 Å². The highest BCUT2D eigenvalue weighted by molar-refractivity contribution is 4.84. The number of nitrogens with zero attached hydrogens (tertiary/aromatic N) is 2. The third-order valence-corrected chi connectivity index (χ3v) is 1.50. The molecule has 1 heterocycles. The number of hydrogen-bond donors (Lipinski definition) is 0. The number of halogens is 3. The summed E-state index contributed by atoms with van der Waals surface area (Å²) in [5.74, 6) is 0. The zero-order valence-corrected chi connectivity index (χ0v) is 7.64. The molecule has 0 amide bonds. The maximum atomic E-state index is 12.0. The molecule has 0 aromatic rings. The van der Waals surface area contributed by atoms with Crippen LogP contribution in [0.5, 0.6) is 0 Å². The molecule has 0 aromatic heterocycles. The van der Waals surface area contributed by atoms with Gasteiger partial charge in [0.1, 0.15) is 0 Å². The lowest BCUT2D eigenvalue weighted by Gasteiger charge is -2.24. The molecule has 0 spiro atoms. The summed E-state index contributed by atoms with van der Waals surface area (Å²) in [4.78, 5) is 0. The highest BCUT2D eigenvalue weighted by atomic mass is 19.4. The van der Waals surface area contributed by atoms with E-state index in [2.05, 4.69) is 10.2 Å². The maximum absolute atomic E-state index is 12.0. The van der Waals surface area contributed by atoms with Crippen molar-refractivity contribution >= 4 is 0 Å². The quantitative estimate of drug-likeness (QED) is 0.634. The van der Waals surface area contributed by atoms with Crippen molar-refractivity contribution < 1.29 is 17.9 Å². The molecule has 1 unspecified atom stereocenters. The standard InChI is InChI=1S/C7H11F3N2O/c1-5(2)11-12-6(3,13-5)4-7(8,9)10/h4H2,1-3H3. The Morgan fingerprint density at radius 1 is 1.15 bits per heavy atom. The van der Waals surface area contributed by atoms with Crippen LogP contribution in [0.25, 0.3) is 0 Å². The molecule has 0 fully saturated rings. The molecular formula is C7H11F3N2O. The molecule has 1 aliphatic heterocycles.